The summed E-state index contributed by atoms with van der Waals surface area (Å²) in [4.78, 5) is 4.07. The summed E-state index contributed by atoms with van der Waals surface area (Å²) in [7, 11) is 0. The number of nitrogen functional groups attached to an aromatic ring is 2. The molecule has 0 aliphatic heterocycles. The molecule has 7 nitrogen and oxygen atoms in total. The van der Waals surface area contributed by atoms with Crippen molar-refractivity contribution in [2.45, 2.75) is 6.54 Å². The van der Waals surface area contributed by atoms with Crippen LogP contribution in [0.4, 0.5) is 5.95 Å². The molecule has 0 atom stereocenters. The predicted octanol–water partition coefficient (Wildman–Crippen LogP) is -0.905. The van der Waals surface area contributed by atoms with E-state index in [1.165, 1.54) is 4.68 Å². The molecular weight excluding hydrogens is 194 g/mol. The number of anilines is 1. The van der Waals surface area contributed by atoms with Crippen LogP contribution in [0.25, 0.3) is 11.4 Å². The highest BCUT2D eigenvalue weighted by molar-refractivity contribution is 5.56. The SMILES string of the molecule is NCc1cc(-c2nnc(N)n2N)ccn1. The van der Waals surface area contributed by atoms with Gasteiger partial charge in [-0.15, -0.1) is 10.2 Å². The summed E-state index contributed by atoms with van der Waals surface area (Å²) in [5.41, 5.74) is 12.5. The van der Waals surface area contributed by atoms with Crippen molar-refractivity contribution < 1.29 is 0 Å². The summed E-state index contributed by atoms with van der Waals surface area (Å²) >= 11 is 0. The second kappa shape index (κ2) is 3.54. The van der Waals surface area contributed by atoms with Gasteiger partial charge in [-0.05, 0) is 12.1 Å². The highest BCUT2D eigenvalue weighted by atomic mass is 15.4. The Labute approximate surface area is 85.9 Å². The van der Waals surface area contributed by atoms with Crippen molar-refractivity contribution in [3.05, 3.63) is 24.0 Å². The molecule has 0 saturated heterocycles. The number of nitrogens with zero attached hydrogens (tertiary/aromatic N) is 4. The Morgan fingerprint density at radius 3 is 2.73 bits per heavy atom. The maximum atomic E-state index is 5.64. The molecule has 0 unspecified atom stereocenters. The van der Waals surface area contributed by atoms with E-state index >= 15 is 0 Å². The quantitative estimate of drug-likeness (QED) is 0.546. The molecule has 0 radical (unpaired) electrons. The molecule has 15 heavy (non-hydrogen) atoms. The van der Waals surface area contributed by atoms with Gasteiger partial charge >= 0.3 is 0 Å². The molecule has 0 aromatic carbocycles. The number of hydrogen-bond acceptors (Lipinski definition) is 6. The van der Waals surface area contributed by atoms with Gasteiger partial charge in [0.2, 0.25) is 5.95 Å². The molecule has 0 saturated carbocycles. The number of hydrogen-bond donors (Lipinski definition) is 3. The zero-order valence-electron chi connectivity index (χ0n) is 7.96. The lowest BCUT2D eigenvalue weighted by Crippen LogP contribution is -2.13. The molecule has 6 N–H and O–H groups in total. The van der Waals surface area contributed by atoms with E-state index < -0.39 is 0 Å². The first-order chi connectivity index (χ1) is 7.22. The van der Waals surface area contributed by atoms with Crippen LogP contribution in [-0.2, 0) is 6.54 Å². The first-order valence-electron chi connectivity index (χ1n) is 4.33. The van der Waals surface area contributed by atoms with Crippen LogP contribution in [0.3, 0.4) is 0 Å². The minimum Gasteiger partial charge on any atom is -0.366 e. The molecule has 2 rings (SSSR count). The maximum absolute atomic E-state index is 5.64. The lowest BCUT2D eigenvalue weighted by atomic mass is 10.2. The summed E-state index contributed by atoms with van der Waals surface area (Å²) in [6.07, 6.45) is 1.64. The summed E-state index contributed by atoms with van der Waals surface area (Å²) in [6.45, 7) is 0.363. The van der Waals surface area contributed by atoms with Gasteiger partial charge in [-0.1, -0.05) is 0 Å². The monoisotopic (exact) mass is 205 g/mol. The number of nitrogens with two attached hydrogens (primary N) is 3. The average Bonchev–Trinajstić information content (AvgIpc) is 2.60. The van der Waals surface area contributed by atoms with Crippen molar-refractivity contribution in [1.29, 1.82) is 0 Å². The molecule has 7 heteroatoms. The third-order valence-electron chi connectivity index (χ3n) is 2.01. The van der Waals surface area contributed by atoms with Gasteiger partial charge in [0, 0.05) is 18.3 Å². The van der Waals surface area contributed by atoms with Crippen LogP contribution in [0.5, 0.6) is 0 Å². The zero-order valence-corrected chi connectivity index (χ0v) is 7.96. The summed E-state index contributed by atoms with van der Waals surface area (Å²) in [6, 6.07) is 3.57. The van der Waals surface area contributed by atoms with E-state index in [1.54, 1.807) is 18.3 Å². The van der Waals surface area contributed by atoms with Gasteiger partial charge in [-0.25, -0.2) is 4.68 Å². The molecule has 0 bridgehead atoms. The second-order valence-electron chi connectivity index (χ2n) is 2.99. The van der Waals surface area contributed by atoms with Gasteiger partial charge in [0.05, 0.1) is 5.69 Å². The van der Waals surface area contributed by atoms with Gasteiger partial charge in [0.1, 0.15) is 0 Å². The van der Waals surface area contributed by atoms with E-state index in [1.807, 2.05) is 0 Å². The highest BCUT2D eigenvalue weighted by Gasteiger charge is 2.09. The minimum atomic E-state index is 0.163. The second-order valence-corrected chi connectivity index (χ2v) is 2.99. The highest BCUT2D eigenvalue weighted by Crippen LogP contribution is 2.16. The van der Waals surface area contributed by atoms with E-state index in [0.29, 0.717) is 12.4 Å². The van der Waals surface area contributed by atoms with Crippen molar-refractivity contribution in [1.82, 2.24) is 19.9 Å². The van der Waals surface area contributed by atoms with E-state index in [2.05, 4.69) is 15.2 Å². The summed E-state index contributed by atoms with van der Waals surface area (Å²) in [5, 5.41) is 7.52. The van der Waals surface area contributed by atoms with Crippen LogP contribution in [0.2, 0.25) is 0 Å². The molecule has 0 fully saturated rings. The Hall–Kier alpha value is -2.15. The van der Waals surface area contributed by atoms with Crippen LogP contribution in [-0.4, -0.2) is 19.9 Å². The lowest BCUT2D eigenvalue weighted by Gasteiger charge is -2.02. The Morgan fingerprint density at radius 1 is 1.33 bits per heavy atom. The van der Waals surface area contributed by atoms with Crippen molar-refractivity contribution in [2.75, 3.05) is 11.6 Å². The molecule has 2 aromatic rings. The number of rotatable bonds is 2. The predicted molar refractivity (Wildman–Crippen MR) is 55.7 cm³/mol. The lowest BCUT2D eigenvalue weighted by molar-refractivity contribution is 0.980. The zero-order chi connectivity index (χ0) is 10.8. The minimum absolute atomic E-state index is 0.163. The first-order valence-corrected chi connectivity index (χ1v) is 4.33. The normalized spacial score (nSPS) is 10.5. The van der Waals surface area contributed by atoms with Crippen molar-refractivity contribution in [3.8, 4) is 11.4 Å². The van der Waals surface area contributed by atoms with Crippen molar-refractivity contribution in [3.63, 3.8) is 0 Å². The fourth-order valence-electron chi connectivity index (χ4n) is 1.23. The molecule has 78 valence electrons. The number of pyridine rings is 1. The average molecular weight is 205 g/mol. The van der Waals surface area contributed by atoms with Gasteiger partial charge in [0.15, 0.2) is 5.82 Å². The van der Waals surface area contributed by atoms with Gasteiger partial charge in [0.25, 0.3) is 0 Å². The van der Waals surface area contributed by atoms with Crippen LogP contribution in [0.15, 0.2) is 18.3 Å². The topological polar surface area (TPSA) is 122 Å². The van der Waals surface area contributed by atoms with E-state index in [0.717, 1.165) is 11.3 Å². The Balaban J connectivity index is 2.49. The van der Waals surface area contributed by atoms with Crippen LogP contribution in [0, 0.1) is 0 Å². The molecule has 2 aromatic heterocycles. The molecule has 0 aliphatic rings. The Kier molecular flexibility index (Phi) is 2.22. The first kappa shape index (κ1) is 9.41. The van der Waals surface area contributed by atoms with Crippen molar-refractivity contribution >= 4 is 5.95 Å². The van der Waals surface area contributed by atoms with Gasteiger partial charge in [-0.3, -0.25) is 4.98 Å². The summed E-state index contributed by atoms with van der Waals surface area (Å²) < 4.78 is 1.22. The largest absolute Gasteiger partial charge is 0.366 e. The third-order valence-corrected chi connectivity index (χ3v) is 2.01. The van der Waals surface area contributed by atoms with E-state index in [9.17, 15) is 0 Å². The molecule has 0 aliphatic carbocycles. The Bertz CT molecular complexity index is 476. The summed E-state index contributed by atoms with van der Waals surface area (Å²) in [5.74, 6) is 6.29. The molecule has 0 spiro atoms. The third kappa shape index (κ3) is 1.59. The fraction of sp³-hybridized carbons (Fsp3) is 0.125. The van der Waals surface area contributed by atoms with E-state index in [-0.39, 0.29) is 5.95 Å². The molecule has 0 amide bonds. The smallest absolute Gasteiger partial charge is 0.241 e. The van der Waals surface area contributed by atoms with Crippen LogP contribution >= 0.6 is 0 Å². The standard InChI is InChI=1S/C8H11N7/c9-4-6-3-5(1-2-12-6)7-13-14-8(10)15(7)11/h1-3H,4,9,11H2,(H2,10,14). The van der Waals surface area contributed by atoms with Gasteiger partial charge in [-0.2, -0.15) is 0 Å². The van der Waals surface area contributed by atoms with E-state index in [4.69, 9.17) is 17.3 Å². The fourth-order valence-corrected chi connectivity index (χ4v) is 1.23. The number of aromatic nitrogens is 4. The van der Waals surface area contributed by atoms with Crippen LogP contribution in [0.1, 0.15) is 5.69 Å². The van der Waals surface area contributed by atoms with Crippen LogP contribution < -0.4 is 17.3 Å². The maximum Gasteiger partial charge on any atom is 0.241 e. The van der Waals surface area contributed by atoms with Crippen molar-refractivity contribution in [2.24, 2.45) is 5.73 Å². The molecule has 2 heterocycles. The molecular formula is C8H11N7. The van der Waals surface area contributed by atoms with Gasteiger partial charge < -0.3 is 17.3 Å². The Morgan fingerprint density at radius 2 is 2.13 bits per heavy atom.